The molecule has 0 saturated heterocycles. The maximum absolute atomic E-state index is 5.37. The second-order valence-electron chi connectivity index (χ2n) is 4.04. The van der Waals surface area contributed by atoms with Crippen LogP contribution in [0.4, 0.5) is 5.95 Å². The fraction of sp³-hybridized carbons (Fsp3) is 0.500. The Morgan fingerprint density at radius 2 is 2.15 bits per heavy atom. The molecule has 0 unspecified atom stereocenters. The van der Waals surface area contributed by atoms with Gasteiger partial charge in [0.2, 0.25) is 11.1 Å². The first-order valence-corrected chi connectivity index (χ1v) is 7.32. The molecule has 0 aliphatic carbocycles. The second kappa shape index (κ2) is 7.09. The van der Waals surface area contributed by atoms with Crippen LogP contribution in [0.3, 0.4) is 0 Å². The zero-order valence-electron chi connectivity index (χ0n) is 11.8. The van der Waals surface area contributed by atoms with Crippen molar-refractivity contribution >= 4 is 17.7 Å². The summed E-state index contributed by atoms with van der Waals surface area (Å²) in [7, 11) is 1.87. The van der Waals surface area contributed by atoms with Gasteiger partial charge in [-0.1, -0.05) is 6.92 Å². The van der Waals surface area contributed by atoms with Crippen LogP contribution in [0.25, 0.3) is 0 Å². The summed E-state index contributed by atoms with van der Waals surface area (Å²) >= 11 is 1.43. The van der Waals surface area contributed by atoms with E-state index in [1.807, 2.05) is 20.2 Å². The molecule has 0 atom stereocenters. The van der Waals surface area contributed by atoms with Crippen molar-refractivity contribution in [2.75, 3.05) is 18.5 Å². The van der Waals surface area contributed by atoms with Gasteiger partial charge >= 0.3 is 6.01 Å². The van der Waals surface area contributed by atoms with E-state index in [1.54, 1.807) is 10.9 Å². The first kappa shape index (κ1) is 14.6. The van der Waals surface area contributed by atoms with Crippen molar-refractivity contribution in [1.29, 1.82) is 0 Å². The molecule has 2 aromatic rings. The number of anilines is 1. The zero-order valence-corrected chi connectivity index (χ0v) is 12.6. The van der Waals surface area contributed by atoms with Crippen LogP contribution < -0.4 is 10.1 Å². The number of aryl methyl sites for hydroxylation is 1. The first-order chi connectivity index (χ1) is 9.71. The van der Waals surface area contributed by atoms with E-state index < -0.39 is 0 Å². The molecule has 2 rings (SSSR count). The minimum absolute atomic E-state index is 0.340. The van der Waals surface area contributed by atoms with Crippen LogP contribution in [-0.4, -0.2) is 37.9 Å². The smallest absolute Gasteiger partial charge is 0.322 e. The van der Waals surface area contributed by atoms with Crippen molar-refractivity contribution in [3.8, 4) is 6.01 Å². The van der Waals surface area contributed by atoms with Gasteiger partial charge in [0.05, 0.1) is 17.7 Å². The summed E-state index contributed by atoms with van der Waals surface area (Å²) in [5, 5.41) is 7.86. The van der Waals surface area contributed by atoms with Gasteiger partial charge in [0, 0.05) is 19.8 Å². The average molecular weight is 294 g/mol. The average Bonchev–Trinajstić information content (AvgIpc) is 2.82. The van der Waals surface area contributed by atoms with E-state index in [0.717, 1.165) is 17.9 Å². The normalized spacial score (nSPS) is 10.6. The molecular formula is C12H18N6OS. The van der Waals surface area contributed by atoms with Gasteiger partial charge in [-0.3, -0.25) is 4.68 Å². The minimum atomic E-state index is 0.340. The van der Waals surface area contributed by atoms with Crippen LogP contribution in [0.5, 0.6) is 6.01 Å². The number of hydrogen-bond donors (Lipinski definition) is 1. The number of ether oxygens (including phenoxy) is 1. The zero-order chi connectivity index (χ0) is 14.4. The van der Waals surface area contributed by atoms with Crippen molar-refractivity contribution in [3.05, 3.63) is 12.4 Å². The molecule has 20 heavy (non-hydrogen) atoms. The molecule has 2 heterocycles. The Kier molecular flexibility index (Phi) is 5.16. The highest BCUT2D eigenvalue weighted by Gasteiger charge is 2.09. The molecule has 0 spiro atoms. The van der Waals surface area contributed by atoms with Crippen molar-refractivity contribution in [1.82, 2.24) is 24.7 Å². The Labute approximate surface area is 122 Å². The Bertz CT molecular complexity index is 559. The van der Waals surface area contributed by atoms with Gasteiger partial charge in [0.15, 0.2) is 0 Å². The maximum Gasteiger partial charge on any atom is 0.322 e. The molecule has 0 aromatic carbocycles. The number of hydrogen-bond acceptors (Lipinski definition) is 7. The molecular weight excluding hydrogens is 276 g/mol. The first-order valence-electron chi connectivity index (χ1n) is 6.50. The van der Waals surface area contributed by atoms with Crippen molar-refractivity contribution < 1.29 is 4.74 Å². The van der Waals surface area contributed by atoms with Crippen LogP contribution in [0.2, 0.25) is 0 Å². The van der Waals surface area contributed by atoms with E-state index in [4.69, 9.17) is 4.74 Å². The summed E-state index contributed by atoms with van der Waals surface area (Å²) in [5.74, 6) is 0.539. The lowest BCUT2D eigenvalue weighted by molar-refractivity contribution is 0.308. The maximum atomic E-state index is 5.37. The predicted molar refractivity (Wildman–Crippen MR) is 77.1 cm³/mol. The standard InChI is InChI=1S/C12H18N6OS/c1-4-6-13-10-15-11(19-5-2)17-12(16-10)20-9-7-14-18(3)8-9/h7-8H,4-6H2,1-3H3,(H,13,15,16,17). The van der Waals surface area contributed by atoms with Crippen molar-refractivity contribution in [2.24, 2.45) is 7.05 Å². The molecule has 0 saturated carbocycles. The fourth-order valence-corrected chi connectivity index (χ4v) is 2.22. The fourth-order valence-electron chi connectivity index (χ4n) is 1.45. The molecule has 0 amide bonds. The van der Waals surface area contributed by atoms with Crippen LogP contribution in [0, 0.1) is 0 Å². The Morgan fingerprint density at radius 3 is 2.80 bits per heavy atom. The molecule has 1 N–H and O–H groups in total. The molecule has 2 aromatic heterocycles. The monoisotopic (exact) mass is 294 g/mol. The molecule has 0 fully saturated rings. The summed E-state index contributed by atoms with van der Waals surface area (Å²) in [5.41, 5.74) is 0. The number of rotatable bonds is 7. The van der Waals surface area contributed by atoms with E-state index in [9.17, 15) is 0 Å². The molecule has 0 bridgehead atoms. The quantitative estimate of drug-likeness (QED) is 0.836. The Hall–Kier alpha value is -1.83. The molecule has 7 nitrogen and oxygen atoms in total. The number of aromatic nitrogens is 5. The highest BCUT2D eigenvalue weighted by atomic mass is 32.2. The predicted octanol–water partition coefficient (Wildman–Crippen LogP) is 1.98. The van der Waals surface area contributed by atoms with Crippen LogP contribution >= 0.6 is 11.8 Å². The lowest BCUT2D eigenvalue weighted by atomic mass is 10.5. The third-order valence-electron chi connectivity index (χ3n) is 2.29. The highest BCUT2D eigenvalue weighted by Crippen LogP contribution is 2.25. The van der Waals surface area contributed by atoms with Crippen LogP contribution in [0.1, 0.15) is 20.3 Å². The minimum Gasteiger partial charge on any atom is -0.464 e. The molecule has 8 heteroatoms. The van der Waals surface area contributed by atoms with E-state index >= 15 is 0 Å². The molecule has 0 radical (unpaired) electrons. The van der Waals surface area contributed by atoms with Crippen LogP contribution in [-0.2, 0) is 7.05 Å². The topological polar surface area (TPSA) is 77.8 Å². The summed E-state index contributed by atoms with van der Waals surface area (Å²) < 4.78 is 7.11. The van der Waals surface area contributed by atoms with Crippen LogP contribution in [0.15, 0.2) is 22.4 Å². The van der Waals surface area contributed by atoms with Gasteiger partial charge in [-0.15, -0.1) is 0 Å². The van der Waals surface area contributed by atoms with Gasteiger partial charge in [-0.25, -0.2) is 0 Å². The largest absolute Gasteiger partial charge is 0.464 e. The van der Waals surface area contributed by atoms with E-state index in [1.165, 1.54) is 11.8 Å². The number of nitrogens with one attached hydrogen (secondary N) is 1. The van der Waals surface area contributed by atoms with Crippen molar-refractivity contribution in [3.63, 3.8) is 0 Å². The summed E-state index contributed by atoms with van der Waals surface area (Å²) in [6, 6.07) is 0.340. The summed E-state index contributed by atoms with van der Waals surface area (Å²) in [4.78, 5) is 13.8. The highest BCUT2D eigenvalue weighted by molar-refractivity contribution is 7.99. The van der Waals surface area contributed by atoms with Gasteiger partial charge in [-0.05, 0) is 25.1 Å². The molecule has 0 aliphatic heterocycles. The van der Waals surface area contributed by atoms with E-state index in [2.05, 4.69) is 32.3 Å². The second-order valence-corrected chi connectivity index (χ2v) is 5.08. The third-order valence-corrected chi connectivity index (χ3v) is 3.10. The lowest BCUT2D eigenvalue weighted by Crippen LogP contribution is -2.08. The van der Waals surface area contributed by atoms with Gasteiger partial charge in [0.25, 0.3) is 0 Å². The summed E-state index contributed by atoms with van der Waals surface area (Å²) in [6.45, 7) is 5.32. The molecule has 0 aliphatic rings. The number of nitrogens with zero attached hydrogens (tertiary/aromatic N) is 5. The Balaban J connectivity index is 2.18. The van der Waals surface area contributed by atoms with Gasteiger partial charge in [-0.2, -0.15) is 20.1 Å². The SMILES string of the molecule is CCCNc1nc(OCC)nc(Sc2cnn(C)c2)n1. The van der Waals surface area contributed by atoms with Gasteiger partial charge < -0.3 is 10.1 Å². The lowest BCUT2D eigenvalue weighted by Gasteiger charge is -2.07. The third kappa shape index (κ3) is 4.09. The van der Waals surface area contributed by atoms with E-state index in [0.29, 0.717) is 23.7 Å². The Morgan fingerprint density at radius 1 is 1.30 bits per heavy atom. The summed E-state index contributed by atoms with van der Waals surface area (Å²) in [6.07, 6.45) is 4.68. The van der Waals surface area contributed by atoms with E-state index in [-0.39, 0.29) is 0 Å². The van der Waals surface area contributed by atoms with Gasteiger partial charge in [0.1, 0.15) is 0 Å². The molecule has 108 valence electrons. The van der Waals surface area contributed by atoms with Crippen molar-refractivity contribution in [2.45, 2.75) is 30.3 Å².